The van der Waals surface area contributed by atoms with Gasteiger partial charge in [-0.2, -0.15) is 0 Å². The van der Waals surface area contributed by atoms with Crippen LogP contribution in [0.5, 0.6) is 5.75 Å². The Morgan fingerprint density at radius 2 is 1.89 bits per heavy atom. The summed E-state index contributed by atoms with van der Waals surface area (Å²) in [6.45, 7) is 3.89. The van der Waals surface area contributed by atoms with E-state index in [1.165, 1.54) is 11.1 Å². The molecule has 1 aliphatic heterocycles. The van der Waals surface area contributed by atoms with Crippen molar-refractivity contribution in [3.05, 3.63) is 65.6 Å². The maximum Gasteiger partial charge on any atom is 0.161 e. The predicted octanol–water partition coefficient (Wildman–Crippen LogP) is 3.76. The molecule has 144 valence electrons. The zero-order valence-corrected chi connectivity index (χ0v) is 16.3. The summed E-state index contributed by atoms with van der Waals surface area (Å²) in [4.78, 5) is 13.8. The number of anilines is 1. The van der Waals surface area contributed by atoms with Gasteiger partial charge in [0.25, 0.3) is 0 Å². The van der Waals surface area contributed by atoms with Gasteiger partial charge in [0.2, 0.25) is 0 Å². The fraction of sp³-hybridized carbons (Fsp3) is 0.318. The van der Waals surface area contributed by atoms with Crippen LogP contribution in [0.15, 0.2) is 48.8 Å². The molecule has 0 saturated heterocycles. The zero-order valence-electron chi connectivity index (χ0n) is 16.3. The molecule has 0 bridgehead atoms. The van der Waals surface area contributed by atoms with Crippen LogP contribution in [0.3, 0.4) is 0 Å². The van der Waals surface area contributed by atoms with Crippen LogP contribution in [0.1, 0.15) is 36.2 Å². The molecule has 28 heavy (non-hydrogen) atoms. The first-order valence-corrected chi connectivity index (χ1v) is 9.70. The summed E-state index contributed by atoms with van der Waals surface area (Å²) < 4.78 is 5.29. The van der Waals surface area contributed by atoms with Gasteiger partial charge in [0.05, 0.1) is 18.8 Å². The molecule has 1 aliphatic rings. The zero-order chi connectivity index (χ0) is 19.3. The van der Waals surface area contributed by atoms with Crippen LogP contribution < -0.4 is 15.4 Å². The smallest absolute Gasteiger partial charge is 0.161 e. The molecule has 6 nitrogen and oxygen atoms in total. The van der Waals surface area contributed by atoms with E-state index in [0.717, 1.165) is 54.6 Å². The second-order valence-corrected chi connectivity index (χ2v) is 6.86. The summed E-state index contributed by atoms with van der Waals surface area (Å²) in [5, 5.41) is 7.10. The highest BCUT2D eigenvalue weighted by atomic mass is 16.5. The molecule has 0 spiro atoms. The number of nitrogens with zero attached hydrogens (tertiary/aromatic N) is 3. The van der Waals surface area contributed by atoms with Crippen molar-refractivity contribution in [1.29, 1.82) is 0 Å². The molecule has 4 rings (SSSR count). The maximum absolute atomic E-state index is 5.29. The van der Waals surface area contributed by atoms with Gasteiger partial charge in [-0.25, -0.2) is 9.97 Å². The third-order valence-electron chi connectivity index (χ3n) is 5.11. The van der Waals surface area contributed by atoms with Gasteiger partial charge in [-0.1, -0.05) is 19.1 Å². The fourth-order valence-corrected chi connectivity index (χ4v) is 3.53. The Morgan fingerprint density at radius 1 is 1.11 bits per heavy atom. The first-order valence-electron chi connectivity index (χ1n) is 9.70. The lowest BCUT2D eigenvalue weighted by Crippen LogP contribution is -2.27. The van der Waals surface area contributed by atoms with Gasteiger partial charge in [-0.15, -0.1) is 0 Å². The minimum absolute atomic E-state index is 0.171. The van der Waals surface area contributed by atoms with Gasteiger partial charge in [0.1, 0.15) is 11.6 Å². The largest absolute Gasteiger partial charge is 0.497 e. The molecular weight excluding hydrogens is 350 g/mol. The summed E-state index contributed by atoms with van der Waals surface area (Å²) >= 11 is 0. The predicted molar refractivity (Wildman–Crippen MR) is 110 cm³/mol. The van der Waals surface area contributed by atoms with Crippen LogP contribution in [0.2, 0.25) is 0 Å². The Hall–Kier alpha value is -2.99. The first-order chi connectivity index (χ1) is 13.8. The number of methoxy groups -OCH3 is 1. The Bertz CT molecular complexity index is 928. The van der Waals surface area contributed by atoms with Crippen molar-refractivity contribution < 1.29 is 4.74 Å². The average Bonchev–Trinajstić information content (AvgIpc) is 2.78. The van der Waals surface area contributed by atoms with Crippen molar-refractivity contribution in [2.24, 2.45) is 0 Å². The van der Waals surface area contributed by atoms with E-state index in [2.05, 4.69) is 34.7 Å². The highest BCUT2D eigenvalue weighted by Crippen LogP contribution is 2.29. The van der Waals surface area contributed by atoms with Gasteiger partial charge < -0.3 is 15.4 Å². The number of ether oxygens (including phenoxy) is 1. The van der Waals surface area contributed by atoms with E-state index in [-0.39, 0.29) is 6.04 Å². The van der Waals surface area contributed by atoms with E-state index in [4.69, 9.17) is 14.7 Å². The van der Waals surface area contributed by atoms with Crippen molar-refractivity contribution in [1.82, 2.24) is 20.3 Å². The van der Waals surface area contributed by atoms with Gasteiger partial charge >= 0.3 is 0 Å². The number of hydrogen-bond donors (Lipinski definition) is 2. The van der Waals surface area contributed by atoms with Crippen molar-refractivity contribution in [3.8, 4) is 17.1 Å². The molecule has 0 aliphatic carbocycles. The topological polar surface area (TPSA) is 72.0 Å². The lowest BCUT2D eigenvalue weighted by atomic mass is 10.0. The molecule has 0 radical (unpaired) electrons. The number of pyridine rings is 1. The SMILES string of the molecule is CC[C@H](Nc1nc(-c2ccncc2)nc2c1CCNC2)c1ccc(OC)cc1. The molecule has 0 fully saturated rings. The highest BCUT2D eigenvalue weighted by Gasteiger charge is 2.20. The van der Waals surface area contributed by atoms with Gasteiger partial charge in [-0.05, 0) is 49.2 Å². The Labute approximate surface area is 165 Å². The van der Waals surface area contributed by atoms with Crippen LogP contribution in [0.4, 0.5) is 5.82 Å². The van der Waals surface area contributed by atoms with E-state index >= 15 is 0 Å². The number of aromatic nitrogens is 3. The summed E-state index contributed by atoms with van der Waals surface area (Å²) in [7, 11) is 1.69. The van der Waals surface area contributed by atoms with E-state index in [9.17, 15) is 0 Å². The summed E-state index contributed by atoms with van der Waals surface area (Å²) in [5.74, 6) is 2.53. The highest BCUT2D eigenvalue weighted by molar-refractivity contribution is 5.60. The van der Waals surface area contributed by atoms with Crippen LogP contribution >= 0.6 is 0 Å². The fourth-order valence-electron chi connectivity index (χ4n) is 3.53. The van der Waals surface area contributed by atoms with Crippen molar-refractivity contribution in [2.75, 3.05) is 19.0 Å². The molecule has 1 aromatic carbocycles. The number of nitrogens with one attached hydrogen (secondary N) is 2. The molecule has 2 N–H and O–H groups in total. The molecule has 6 heteroatoms. The quantitative estimate of drug-likeness (QED) is 0.684. The Morgan fingerprint density at radius 3 is 2.61 bits per heavy atom. The van der Waals surface area contributed by atoms with E-state index in [1.54, 1.807) is 19.5 Å². The molecule has 2 aromatic heterocycles. The van der Waals surface area contributed by atoms with Crippen molar-refractivity contribution in [3.63, 3.8) is 0 Å². The van der Waals surface area contributed by atoms with E-state index in [0.29, 0.717) is 0 Å². The number of rotatable bonds is 6. The molecule has 1 atom stereocenters. The normalized spacial score (nSPS) is 14.2. The number of fused-ring (bicyclic) bond motifs is 1. The minimum Gasteiger partial charge on any atom is -0.497 e. The molecule has 0 saturated carbocycles. The molecule has 0 unspecified atom stereocenters. The Balaban J connectivity index is 1.70. The number of benzene rings is 1. The average molecular weight is 375 g/mol. The maximum atomic E-state index is 5.29. The van der Waals surface area contributed by atoms with Gasteiger partial charge in [0.15, 0.2) is 5.82 Å². The monoisotopic (exact) mass is 375 g/mol. The third-order valence-corrected chi connectivity index (χ3v) is 5.11. The van der Waals surface area contributed by atoms with Gasteiger partial charge in [-0.3, -0.25) is 4.98 Å². The number of hydrogen-bond acceptors (Lipinski definition) is 6. The molecular formula is C22H25N5O. The second kappa shape index (κ2) is 8.35. The van der Waals surface area contributed by atoms with E-state index in [1.807, 2.05) is 24.3 Å². The Kier molecular flexibility index (Phi) is 5.48. The van der Waals surface area contributed by atoms with Crippen molar-refractivity contribution >= 4 is 5.82 Å². The van der Waals surface area contributed by atoms with Crippen LogP contribution in [-0.4, -0.2) is 28.6 Å². The molecule has 3 aromatic rings. The first kappa shape index (κ1) is 18.4. The standard InChI is InChI=1S/C22H25N5O/c1-3-19(15-4-6-17(28-2)7-5-15)25-22-18-10-13-24-14-20(18)26-21(27-22)16-8-11-23-12-9-16/h4-9,11-12,19,24H,3,10,13-14H2,1-2H3,(H,25,26,27)/t19-/m0/s1. The lowest BCUT2D eigenvalue weighted by molar-refractivity contribution is 0.414. The summed E-state index contributed by atoms with van der Waals surface area (Å²) in [5.41, 5.74) is 4.47. The van der Waals surface area contributed by atoms with Crippen LogP contribution in [-0.2, 0) is 13.0 Å². The van der Waals surface area contributed by atoms with Gasteiger partial charge in [0, 0.05) is 30.1 Å². The van der Waals surface area contributed by atoms with E-state index < -0.39 is 0 Å². The molecule has 3 heterocycles. The van der Waals surface area contributed by atoms with Crippen LogP contribution in [0.25, 0.3) is 11.4 Å². The minimum atomic E-state index is 0.171. The lowest BCUT2D eigenvalue weighted by Gasteiger charge is -2.24. The summed E-state index contributed by atoms with van der Waals surface area (Å²) in [6, 6.07) is 12.3. The summed E-state index contributed by atoms with van der Waals surface area (Å²) in [6.07, 6.45) is 5.42. The van der Waals surface area contributed by atoms with Crippen molar-refractivity contribution in [2.45, 2.75) is 32.4 Å². The third kappa shape index (κ3) is 3.82. The second-order valence-electron chi connectivity index (χ2n) is 6.86. The molecule has 0 amide bonds. The van der Waals surface area contributed by atoms with Crippen LogP contribution in [0, 0.1) is 0 Å².